The highest BCUT2D eigenvalue weighted by atomic mass is 32.2. The van der Waals surface area contributed by atoms with E-state index in [4.69, 9.17) is 0 Å². The Morgan fingerprint density at radius 2 is 1.93 bits per heavy atom. The molecule has 5 atom stereocenters. The van der Waals surface area contributed by atoms with Crippen LogP contribution in [0.15, 0.2) is 30.3 Å². The van der Waals surface area contributed by atoms with E-state index < -0.39 is 30.1 Å². The molecule has 1 amide bonds. The van der Waals surface area contributed by atoms with Gasteiger partial charge in [-0.1, -0.05) is 30.3 Å². The van der Waals surface area contributed by atoms with Crippen molar-refractivity contribution in [3.8, 4) is 0 Å². The van der Waals surface area contributed by atoms with Crippen LogP contribution in [0.2, 0.25) is 0 Å². The van der Waals surface area contributed by atoms with Crippen LogP contribution < -0.4 is 5.32 Å². The van der Waals surface area contributed by atoms with Crippen molar-refractivity contribution < 1.29 is 24.6 Å². The predicted molar refractivity (Wildman–Crippen MR) is 110 cm³/mol. The van der Waals surface area contributed by atoms with Crippen LogP contribution in [-0.2, 0) is 20.8 Å². The largest absolute Gasteiger partial charge is 0.480 e. The van der Waals surface area contributed by atoms with Gasteiger partial charge in [0.05, 0.1) is 11.3 Å². The highest BCUT2D eigenvalue weighted by molar-refractivity contribution is 8.20. The van der Waals surface area contributed by atoms with E-state index in [-0.39, 0.29) is 16.4 Å². The molecule has 3 N–H and O–H groups in total. The molecule has 2 aliphatic rings. The van der Waals surface area contributed by atoms with Crippen LogP contribution in [0.25, 0.3) is 0 Å². The standard InChI is InChI=1S/C19H24N2O5S2/c1-11(20-13(18(23)24)8-7-12-5-3-2-4-6-12)17(22)21-9-14-16(28-10-27-14)15(21)19(25)26/h2-6,11,13-16,20H,7-10H2,1H3,(H,23,24)(H,25,26)/t11-,13?,14?,15?,16?/m0/s1. The van der Waals surface area contributed by atoms with Gasteiger partial charge in [-0.25, -0.2) is 4.79 Å². The Morgan fingerprint density at radius 1 is 1.21 bits per heavy atom. The van der Waals surface area contributed by atoms with Crippen molar-refractivity contribution in [3.05, 3.63) is 35.9 Å². The second-order valence-corrected chi connectivity index (χ2v) is 9.79. The zero-order valence-electron chi connectivity index (χ0n) is 15.5. The van der Waals surface area contributed by atoms with E-state index in [1.165, 1.54) is 4.90 Å². The van der Waals surface area contributed by atoms with E-state index >= 15 is 0 Å². The van der Waals surface area contributed by atoms with E-state index in [9.17, 15) is 24.6 Å². The summed E-state index contributed by atoms with van der Waals surface area (Å²) in [6, 6.07) is 7.06. The molecule has 7 nitrogen and oxygen atoms in total. The van der Waals surface area contributed by atoms with E-state index in [2.05, 4.69) is 5.32 Å². The number of benzene rings is 1. The summed E-state index contributed by atoms with van der Waals surface area (Å²) in [4.78, 5) is 37.7. The average molecular weight is 425 g/mol. The Bertz CT molecular complexity index is 732. The first-order chi connectivity index (χ1) is 13.4. The van der Waals surface area contributed by atoms with Gasteiger partial charge in [0.15, 0.2) is 0 Å². The first-order valence-corrected chi connectivity index (χ1v) is 11.3. The minimum absolute atomic E-state index is 0.105. The Morgan fingerprint density at radius 3 is 2.57 bits per heavy atom. The van der Waals surface area contributed by atoms with E-state index in [1.807, 2.05) is 30.3 Å². The highest BCUT2D eigenvalue weighted by Gasteiger charge is 2.51. The van der Waals surface area contributed by atoms with Crippen molar-refractivity contribution >= 4 is 41.4 Å². The zero-order valence-corrected chi connectivity index (χ0v) is 17.1. The lowest BCUT2D eigenvalue weighted by molar-refractivity contribution is -0.149. The monoisotopic (exact) mass is 424 g/mol. The van der Waals surface area contributed by atoms with Crippen molar-refractivity contribution in [2.75, 3.05) is 11.6 Å². The molecule has 0 aliphatic carbocycles. The molecule has 2 heterocycles. The van der Waals surface area contributed by atoms with Crippen LogP contribution in [-0.4, -0.2) is 73.2 Å². The summed E-state index contributed by atoms with van der Waals surface area (Å²) in [7, 11) is 0. The number of nitrogens with zero attached hydrogens (tertiary/aromatic N) is 1. The maximum Gasteiger partial charge on any atom is 0.327 e. The number of hydrogen-bond donors (Lipinski definition) is 3. The van der Waals surface area contributed by atoms with Crippen LogP contribution in [0.1, 0.15) is 18.9 Å². The summed E-state index contributed by atoms with van der Waals surface area (Å²) in [5, 5.41) is 22.9. The van der Waals surface area contributed by atoms with E-state index in [0.717, 1.165) is 10.6 Å². The van der Waals surface area contributed by atoms with Gasteiger partial charge in [0, 0.05) is 16.9 Å². The van der Waals surface area contributed by atoms with Gasteiger partial charge in [-0.3, -0.25) is 14.9 Å². The third kappa shape index (κ3) is 4.64. The molecular formula is C19H24N2O5S2. The fraction of sp³-hybridized carbons (Fsp3) is 0.526. The highest BCUT2D eigenvalue weighted by Crippen LogP contribution is 2.44. The van der Waals surface area contributed by atoms with Gasteiger partial charge in [-0.15, -0.1) is 23.5 Å². The molecule has 4 unspecified atom stereocenters. The molecule has 0 saturated carbocycles. The number of carboxylic acid groups (broad SMARTS) is 2. The normalized spacial score (nSPS) is 25.9. The molecule has 3 rings (SSSR count). The van der Waals surface area contributed by atoms with Crippen LogP contribution >= 0.6 is 23.5 Å². The molecule has 0 aromatic heterocycles. The van der Waals surface area contributed by atoms with Crippen LogP contribution in [0, 0.1) is 0 Å². The van der Waals surface area contributed by atoms with Gasteiger partial charge < -0.3 is 15.1 Å². The zero-order chi connectivity index (χ0) is 20.3. The second kappa shape index (κ2) is 9.19. The fourth-order valence-corrected chi connectivity index (χ4v) is 7.16. The van der Waals surface area contributed by atoms with Gasteiger partial charge in [-0.2, -0.15) is 0 Å². The summed E-state index contributed by atoms with van der Waals surface area (Å²) in [6.45, 7) is 2.00. The summed E-state index contributed by atoms with van der Waals surface area (Å²) < 4.78 is 0. The third-order valence-corrected chi connectivity index (χ3v) is 8.26. The number of hydrogen-bond acceptors (Lipinski definition) is 6. The molecule has 1 aromatic rings. The maximum atomic E-state index is 12.9. The van der Waals surface area contributed by atoms with Gasteiger partial charge in [0.25, 0.3) is 0 Å². The lowest BCUT2D eigenvalue weighted by Gasteiger charge is -2.28. The summed E-state index contributed by atoms with van der Waals surface area (Å²) in [5.41, 5.74) is 1.03. The van der Waals surface area contributed by atoms with Crippen molar-refractivity contribution in [1.29, 1.82) is 0 Å². The summed E-state index contributed by atoms with van der Waals surface area (Å²) in [6.07, 6.45) is 0.918. The molecule has 28 heavy (non-hydrogen) atoms. The summed E-state index contributed by atoms with van der Waals surface area (Å²) >= 11 is 3.26. The smallest absolute Gasteiger partial charge is 0.327 e. The quantitative estimate of drug-likeness (QED) is 0.577. The minimum atomic E-state index is -1.02. The van der Waals surface area contributed by atoms with E-state index in [1.54, 1.807) is 30.4 Å². The Labute approximate surface area is 172 Å². The second-order valence-electron chi connectivity index (χ2n) is 7.03. The Kier molecular flexibility index (Phi) is 6.90. The third-order valence-electron chi connectivity index (χ3n) is 5.15. The number of carbonyl (C=O) groups is 3. The topological polar surface area (TPSA) is 107 Å². The molecular weight excluding hydrogens is 400 g/mol. The fourth-order valence-electron chi connectivity index (χ4n) is 3.70. The molecule has 2 fully saturated rings. The number of fused-ring (bicyclic) bond motifs is 1. The number of thioether (sulfide) groups is 2. The minimum Gasteiger partial charge on any atom is -0.480 e. The molecule has 152 valence electrons. The lowest BCUT2D eigenvalue weighted by atomic mass is 10.0. The number of aliphatic carboxylic acids is 2. The number of amides is 1. The lowest BCUT2D eigenvalue weighted by Crippen LogP contribution is -2.54. The first kappa shape index (κ1) is 21.0. The number of carbonyl (C=O) groups excluding carboxylic acids is 1. The van der Waals surface area contributed by atoms with E-state index in [0.29, 0.717) is 19.4 Å². The van der Waals surface area contributed by atoms with Crippen molar-refractivity contribution in [3.63, 3.8) is 0 Å². The van der Waals surface area contributed by atoms with Gasteiger partial charge in [0.2, 0.25) is 5.91 Å². The Balaban J connectivity index is 1.62. The SMILES string of the molecule is C[C@H](NC(CCc1ccccc1)C(=O)O)C(=O)N1CC2SCSC2C1C(=O)O. The molecule has 9 heteroatoms. The average Bonchev–Trinajstić information content (AvgIpc) is 3.25. The summed E-state index contributed by atoms with van der Waals surface area (Å²) in [5.74, 6) is -2.37. The number of likely N-dealkylation sites (tertiary alicyclic amines) is 1. The molecule has 0 spiro atoms. The van der Waals surface area contributed by atoms with Crippen molar-refractivity contribution in [2.45, 2.75) is 48.4 Å². The number of aryl methyl sites for hydroxylation is 1. The number of rotatable bonds is 8. The van der Waals surface area contributed by atoms with Gasteiger partial charge >= 0.3 is 11.9 Å². The molecule has 2 saturated heterocycles. The molecule has 0 bridgehead atoms. The number of nitrogens with one attached hydrogen (secondary N) is 1. The van der Waals surface area contributed by atoms with Crippen molar-refractivity contribution in [1.82, 2.24) is 10.2 Å². The molecule has 2 aliphatic heterocycles. The first-order valence-electron chi connectivity index (χ1n) is 9.17. The van der Waals surface area contributed by atoms with Gasteiger partial charge in [0.1, 0.15) is 12.1 Å². The number of carboxylic acids is 2. The predicted octanol–water partition coefficient (Wildman–Crippen LogP) is 1.52. The maximum absolute atomic E-state index is 12.9. The molecule has 1 aromatic carbocycles. The van der Waals surface area contributed by atoms with Crippen LogP contribution in [0.4, 0.5) is 0 Å². The van der Waals surface area contributed by atoms with Gasteiger partial charge in [-0.05, 0) is 25.3 Å². The van der Waals surface area contributed by atoms with Crippen LogP contribution in [0.3, 0.4) is 0 Å². The Hall–Kier alpha value is -1.71. The van der Waals surface area contributed by atoms with Crippen LogP contribution in [0.5, 0.6) is 0 Å². The molecule has 0 radical (unpaired) electrons. The van der Waals surface area contributed by atoms with Crippen molar-refractivity contribution in [2.24, 2.45) is 0 Å².